The summed E-state index contributed by atoms with van der Waals surface area (Å²) in [6, 6.07) is 6.96. The molecule has 1 aliphatic heterocycles. The number of carbonyl (C=O) groups excluding carboxylic acids is 2. The highest BCUT2D eigenvalue weighted by atomic mass is 16.5. The number of amides is 1. The van der Waals surface area contributed by atoms with Crippen LogP contribution in [0.25, 0.3) is 0 Å². The van der Waals surface area contributed by atoms with Crippen LogP contribution < -0.4 is 5.32 Å². The monoisotopic (exact) mass is 348 g/mol. The van der Waals surface area contributed by atoms with Gasteiger partial charge in [0.2, 0.25) is 5.91 Å². The highest BCUT2D eigenvalue weighted by molar-refractivity contribution is 6.01. The molecule has 138 valence electrons. The van der Waals surface area contributed by atoms with Gasteiger partial charge in [0.1, 0.15) is 0 Å². The number of hydrogen-bond donors (Lipinski definition) is 1. The van der Waals surface area contributed by atoms with Gasteiger partial charge < -0.3 is 14.8 Å². The second-order valence-electron chi connectivity index (χ2n) is 6.64. The van der Waals surface area contributed by atoms with Crippen LogP contribution in [-0.2, 0) is 14.3 Å². The maximum absolute atomic E-state index is 12.3. The molecule has 2 rings (SSSR count). The molecule has 1 heterocycles. The Kier molecular flexibility index (Phi) is 7.88. The SMILES string of the molecule is CC(C)CC(=O)Nc1ccccc1C(=O)OCCCN1CCOCC1. The fourth-order valence-corrected chi connectivity index (χ4v) is 2.70. The first-order valence-corrected chi connectivity index (χ1v) is 8.92. The molecule has 0 aliphatic carbocycles. The Bertz CT molecular complexity index is 568. The second kappa shape index (κ2) is 10.2. The maximum atomic E-state index is 12.3. The van der Waals surface area contributed by atoms with E-state index < -0.39 is 5.97 Å². The molecule has 1 fully saturated rings. The molecule has 1 N–H and O–H groups in total. The zero-order chi connectivity index (χ0) is 18.1. The minimum atomic E-state index is -0.401. The van der Waals surface area contributed by atoms with E-state index in [1.807, 2.05) is 13.8 Å². The predicted octanol–water partition coefficient (Wildman–Crippen LogP) is 2.55. The first-order valence-electron chi connectivity index (χ1n) is 8.92. The minimum Gasteiger partial charge on any atom is -0.462 e. The highest BCUT2D eigenvalue weighted by Gasteiger charge is 2.15. The molecule has 0 bridgehead atoms. The van der Waals surface area contributed by atoms with Gasteiger partial charge in [-0.05, 0) is 24.5 Å². The third kappa shape index (κ3) is 6.84. The van der Waals surface area contributed by atoms with Crippen molar-refractivity contribution in [2.24, 2.45) is 5.92 Å². The normalized spacial score (nSPS) is 15.2. The van der Waals surface area contributed by atoms with Gasteiger partial charge in [-0.15, -0.1) is 0 Å². The molecule has 25 heavy (non-hydrogen) atoms. The lowest BCUT2D eigenvalue weighted by atomic mass is 10.1. The molecule has 0 aromatic heterocycles. The number of hydrogen-bond acceptors (Lipinski definition) is 5. The number of para-hydroxylation sites is 1. The largest absolute Gasteiger partial charge is 0.462 e. The Morgan fingerprint density at radius 2 is 1.96 bits per heavy atom. The first kappa shape index (κ1) is 19.4. The van der Waals surface area contributed by atoms with E-state index in [1.165, 1.54) is 0 Å². The molecule has 1 saturated heterocycles. The molecule has 6 heteroatoms. The molecule has 0 atom stereocenters. The van der Waals surface area contributed by atoms with Gasteiger partial charge in [0, 0.05) is 26.1 Å². The summed E-state index contributed by atoms with van der Waals surface area (Å²) in [5, 5.41) is 2.80. The molecular formula is C19H28N2O4. The second-order valence-corrected chi connectivity index (χ2v) is 6.64. The molecule has 1 aromatic rings. The number of rotatable bonds is 8. The summed E-state index contributed by atoms with van der Waals surface area (Å²) in [6.45, 7) is 8.61. The van der Waals surface area contributed by atoms with Gasteiger partial charge >= 0.3 is 5.97 Å². The van der Waals surface area contributed by atoms with Crippen LogP contribution in [0.2, 0.25) is 0 Å². The summed E-state index contributed by atoms with van der Waals surface area (Å²) in [4.78, 5) is 26.6. The van der Waals surface area contributed by atoms with Crippen LogP contribution in [0, 0.1) is 5.92 Å². The third-order valence-corrected chi connectivity index (χ3v) is 3.97. The van der Waals surface area contributed by atoms with Crippen LogP contribution in [0.1, 0.15) is 37.0 Å². The number of nitrogens with zero attached hydrogens (tertiary/aromatic N) is 1. The number of carbonyl (C=O) groups is 2. The molecule has 1 amide bonds. The average molecular weight is 348 g/mol. The van der Waals surface area contributed by atoms with E-state index in [0.29, 0.717) is 24.3 Å². The zero-order valence-electron chi connectivity index (χ0n) is 15.1. The van der Waals surface area contributed by atoms with Crippen LogP contribution in [0.3, 0.4) is 0 Å². The Balaban J connectivity index is 1.81. The molecular weight excluding hydrogens is 320 g/mol. The summed E-state index contributed by atoms with van der Waals surface area (Å²) in [6.07, 6.45) is 1.20. The van der Waals surface area contributed by atoms with Crippen LogP contribution in [-0.4, -0.2) is 56.2 Å². The van der Waals surface area contributed by atoms with Crippen molar-refractivity contribution in [3.8, 4) is 0 Å². The standard InChI is InChI=1S/C19H28N2O4/c1-15(2)14-18(22)20-17-7-4-3-6-16(17)19(23)25-11-5-8-21-9-12-24-13-10-21/h3-4,6-7,15H,5,8-14H2,1-2H3,(H,20,22). The molecule has 1 aromatic carbocycles. The third-order valence-electron chi connectivity index (χ3n) is 3.97. The predicted molar refractivity (Wildman–Crippen MR) is 96.7 cm³/mol. The fourth-order valence-electron chi connectivity index (χ4n) is 2.70. The van der Waals surface area contributed by atoms with Crippen molar-refractivity contribution in [2.75, 3.05) is 44.8 Å². The number of anilines is 1. The van der Waals surface area contributed by atoms with E-state index in [-0.39, 0.29) is 11.8 Å². The Hall–Kier alpha value is -1.92. The molecule has 0 spiro atoms. The van der Waals surface area contributed by atoms with E-state index in [2.05, 4.69) is 10.2 Å². The summed E-state index contributed by atoms with van der Waals surface area (Å²) in [5.41, 5.74) is 0.900. The maximum Gasteiger partial charge on any atom is 0.340 e. The van der Waals surface area contributed by atoms with Crippen molar-refractivity contribution in [2.45, 2.75) is 26.7 Å². The highest BCUT2D eigenvalue weighted by Crippen LogP contribution is 2.17. The molecule has 0 radical (unpaired) electrons. The minimum absolute atomic E-state index is 0.0948. The molecule has 1 aliphatic rings. The van der Waals surface area contributed by atoms with Gasteiger partial charge in [0.15, 0.2) is 0 Å². The van der Waals surface area contributed by atoms with Gasteiger partial charge in [0.25, 0.3) is 0 Å². The summed E-state index contributed by atoms with van der Waals surface area (Å²) < 4.78 is 10.7. The molecule has 0 unspecified atom stereocenters. The average Bonchev–Trinajstić information content (AvgIpc) is 2.59. The Morgan fingerprint density at radius 3 is 2.68 bits per heavy atom. The van der Waals surface area contributed by atoms with Crippen molar-refractivity contribution >= 4 is 17.6 Å². The molecule has 6 nitrogen and oxygen atoms in total. The topological polar surface area (TPSA) is 67.9 Å². The van der Waals surface area contributed by atoms with Crippen molar-refractivity contribution < 1.29 is 19.1 Å². The number of benzene rings is 1. The van der Waals surface area contributed by atoms with E-state index in [9.17, 15) is 9.59 Å². The zero-order valence-corrected chi connectivity index (χ0v) is 15.1. The van der Waals surface area contributed by atoms with Crippen LogP contribution >= 0.6 is 0 Å². The lowest BCUT2D eigenvalue weighted by molar-refractivity contribution is -0.116. The van der Waals surface area contributed by atoms with Gasteiger partial charge in [-0.1, -0.05) is 26.0 Å². The van der Waals surface area contributed by atoms with Crippen molar-refractivity contribution in [3.05, 3.63) is 29.8 Å². The van der Waals surface area contributed by atoms with Crippen molar-refractivity contribution in [3.63, 3.8) is 0 Å². The van der Waals surface area contributed by atoms with Gasteiger partial charge in [-0.25, -0.2) is 4.79 Å². The number of nitrogens with one attached hydrogen (secondary N) is 1. The lowest BCUT2D eigenvalue weighted by Crippen LogP contribution is -2.37. The van der Waals surface area contributed by atoms with Crippen LogP contribution in [0.5, 0.6) is 0 Å². The molecule has 0 saturated carbocycles. The smallest absolute Gasteiger partial charge is 0.340 e. The number of esters is 1. The number of morpholine rings is 1. The van der Waals surface area contributed by atoms with E-state index in [0.717, 1.165) is 39.3 Å². The van der Waals surface area contributed by atoms with Gasteiger partial charge in [-0.3, -0.25) is 9.69 Å². The van der Waals surface area contributed by atoms with E-state index in [1.54, 1.807) is 24.3 Å². The summed E-state index contributed by atoms with van der Waals surface area (Å²) in [5.74, 6) is -0.232. The number of ether oxygens (including phenoxy) is 2. The van der Waals surface area contributed by atoms with Crippen molar-refractivity contribution in [1.82, 2.24) is 4.90 Å². The lowest BCUT2D eigenvalue weighted by Gasteiger charge is -2.26. The quantitative estimate of drug-likeness (QED) is 0.578. The first-order chi connectivity index (χ1) is 12.1. The summed E-state index contributed by atoms with van der Waals surface area (Å²) in [7, 11) is 0. The van der Waals surface area contributed by atoms with E-state index >= 15 is 0 Å². The Morgan fingerprint density at radius 1 is 1.24 bits per heavy atom. The van der Waals surface area contributed by atoms with Crippen LogP contribution in [0.15, 0.2) is 24.3 Å². The summed E-state index contributed by atoms with van der Waals surface area (Å²) >= 11 is 0. The van der Waals surface area contributed by atoms with E-state index in [4.69, 9.17) is 9.47 Å². The van der Waals surface area contributed by atoms with Gasteiger partial charge in [0.05, 0.1) is 31.1 Å². The fraction of sp³-hybridized carbons (Fsp3) is 0.579. The Labute approximate surface area is 149 Å². The van der Waals surface area contributed by atoms with Crippen molar-refractivity contribution in [1.29, 1.82) is 0 Å². The van der Waals surface area contributed by atoms with Gasteiger partial charge in [-0.2, -0.15) is 0 Å². The van der Waals surface area contributed by atoms with Crippen LogP contribution in [0.4, 0.5) is 5.69 Å².